The molecule has 0 saturated carbocycles. The molecule has 1 saturated heterocycles. The molecule has 1 aliphatic rings. The van der Waals surface area contributed by atoms with Gasteiger partial charge < -0.3 is 9.47 Å². The van der Waals surface area contributed by atoms with Crippen molar-refractivity contribution in [1.82, 2.24) is 9.97 Å². The van der Waals surface area contributed by atoms with E-state index in [0.717, 1.165) is 45.6 Å². The first-order chi connectivity index (χ1) is 14.7. The van der Waals surface area contributed by atoms with Gasteiger partial charge in [0.05, 0.1) is 34.2 Å². The first-order valence-corrected chi connectivity index (χ1v) is 11.7. The maximum absolute atomic E-state index is 13.5. The fraction of sp³-hybridized carbons (Fsp3) is 0.318. The first kappa shape index (κ1) is 19.4. The number of rotatable bonds is 6. The number of aromatic nitrogens is 2. The van der Waals surface area contributed by atoms with Crippen LogP contribution in [0, 0.1) is 0 Å². The van der Waals surface area contributed by atoms with Crippen LogP contribution >= 0.6 is 22.7 Å². The third-order valence-corrected chi connectivity index (χ3v) is 7.10. The molecule has 2 aromatic heterocycles. The van der Waals surface area contributed by atoms with Crippen molar-refractivity contribution in [3.63, 3.8) is 0 Å². The molecule has 154 valence electrons. The smallest absolute Gasteiger partial charge is 0.289 e. The van der Waals surface area contributed by atoms with Crippen LogP contribution in [0.25, 0.3) is 20.4 Å². The molecule has 1 amide bonds. The minimum atomic E-state index is -0.135. The molecular formula is C22H21N3O3S2. The first-order valence-electron chi connectivity index (χ1n) is 10.0. The molecule has 5 rings (SSSR count). The summed E-state index contributed by atoms with van der Waals surface area (Å²) in [6, 6.07) is 13.7. The fourth-order valence-electron chi connectivity index (χ4n) is 3.62. The van der Waals surface area contributed by atoms with Crippen molar-refractivity contribution < 1.29 is 14.3 Å². The van der Waals surface area contributed by atoms with Crippen molar-refractivity contribution in [2.24, 2.45) is 0 Å². The molecule has 0 N–H and O–H groups in total. The Morgan fingerprint density at radius 1 is 1.17 bits per heavy atom. The number of para-hydroxylation sites is 2. The van der Waals surface area contributed by atoms with Gasteiger partial charge in [-0.05, 0) is 44.0 Å². The zero-order valence-corrected chi connectivity index (χ0v) is 18.2. The number of carbonyl (C=O) groups excluding carboxylic acids is 1. The van der Waals surface area contributed by atoms with Gasteiger partial charge in [0.1, 0.15) is 11.3 Å². The molecule has 2 aromatic carbocycles. The van der Waals surface area contributed by atoms with Crippen LogP contribution in [-0.4, -0.2) is 41.7 Å². The number of nitrogens with zero attached hydrogens (tertiary/aromatic N) is 3. The van der Waals surface area contributed by atoms with Gasteiger partial charge in [0.25, 0.3) is 5.91 Å². The minimum absolute atomic E-state index is 0.0155. The Kier molecular flexibility index (Phi) is 5.37. The van der Waals surface area contributed by atoms with E-state index >= 15 is 0 Å². The van der Waals surface area contributed by atoms with Crippen LogP contribution in [0.5, 0.6) is 5.75 Å². The van der Waals surface area contributed by atoms with E-state index in [4.69, 9.17) is 14.5 Å². The van der Waals surface area contributed by atoms with Crippen molar-refractivity contribution in [2.75, 3.05) is 24.7 Å². The van der Waals surface area contributed by atoms with E-state index < -0.39 is 0 Å². The van der Waals surface area contributed by atoms with Gasteiger partial charge in [-0.15, -0.1) is 11.3 Å². The highest BCUT2D eigenvalue weighted by Crippen LogP contribution is 2.36. The van der Waals surface area contributed by atoms with Crippen molar-refractivity contribution in [3.05, 3.63) is 47.5 Å². The number of amides is 1. The summed E-state index contributed by atoms with van der Waals surface area (Å²) in [5.74, 6) is 0.603. The van der Waals surface area contributed by atoms with Gasteiger partial charge in [-0.1, -0.05) is 29.5 Å². The van der Waals surface area contributed by atoms with Crippen LogP contribution in [0.15, 0.2) is 42.5 Å². The van der Waals surface area contributed by atoms with Crippen molar-refractivity contribution in [1.29, 1.82) is 0 Å². The lowest BCUT2D eigenvalue weighted by molar-refractivity contribution is 0.0917. The Labute approximate surface area is 182 Å². The highest BCUT2D eigenvalue weighted by molar-refractivity contribution is 7.23. The summed E-state index contributed by atoms with van der Waals surface area (Å²) in [4.78, 5) is 24.6. The fourth-order valence-corrected chi connectivity index (χ4v) is 5.52. The number of hydrogen-bond donors (Lipinski definition) is 0. The number of hydrogen-bond acceptors (Lipinski definition) is 7. The number of benzene rings is 2. The van der Waals surface area contributed by atoms with Crippen LogP contribution < -0.4 is 9.64 Å². The van der Waals surface area contributed by atoms with Gasteiger partial charge in [-0.3, -0.25) is 9.69 Å². The SMILES string of the molecule is CCOc1cccc2sc(N(CC3CCCO3)C(=O)c3nc4ccccc4s3)nc12. The number of ether oxygens (including phenoxy) is 2. The summed E-state index contributed by atoms with van der Waals surface area (Å²) < 4.78 is 13.6. The monoisotopic (exact) mass is 439 g/mol. The molecule has 0 radical (unpaired) electrons. The lowest BCUT2D eigenvalue weighted by Gasteiger charge is -2.22. The van der Waals surface area contributed by atoms with E-state index in [-0.39, 0.29) is 12.0 Å². The topological polar surface area (TPSA) is 64.6 Å². The molecule has 30 heavy (non-hydrogen) atoms. The zero-order valence-electron chi connectivity index (χ0n) is 16.5. The molecule has 1 aliphatic heterocycles. The second kappa shape index (κ2) is 8.29. The summed E-state index contributed by atoms with van der Waals surface area (Å²) >= 11 is 2.91. The number of fused-ring (bicyclic) bond motifs is 2. The Bertz CT molecular complexity index is 1160. The van der Waals surface area contributed by atoms with Crippen LogP contribution in [0.2, 0.25) is 0 Å². The van der Waals surface area contributed by atoms with E-state index in [0.29, 0.717) is 23.3 Å². The molecule has 8 heteroatoms. The van der Waals surface area contributed by atoms with Crippen LogP contribution in [0.1, 0.15) is 29.6 Å². The van der Waals surface area contributed by atoms with E-state index in [2.05, 4.69) is 4.98 Å². The second-order valence-corrected chi connectivity index (χ2v) is 9.11. The summed E-state index contributed by atoms with van der Waals surface area (Å²) in [5, 5.41) is 1.12. The molecule has 4 aromatic rings. The van der Waals surface area contributed by atoms with Crippen molar-refractivity contribution in [2.45, 2.75) is 25.9 Å². The minimum Gasteiger partial charge on any atom is -0.492 e. The molecule has 1 atom stereocenters. The average molecular weight is 440 g/mol. The lowest BCUT2D eigenvalue weighted by Crippen LogP contribution is -2.37. The highest BCUT2D eigenvalue weighted by Gasteiger charge is 2.29. The van der Waals surface area contributed by atoms with Gasteiger partial charge in [-0.2, -0.15) is 0 Å². The number of thiazole rings is 2. The maximum atomic E-state index is 13.5. The van der Waals surface area contributed by atoms with Crippen LogP contribution in [0.4, 0.5) is 5.13 Å². The summed E-state index contributed by atoms with van der Waals surface area (Å²) in [7, 11) is 0. The predicted octanol–water partition coefficient (Wildman–Crippen LogP) is 5.13. The summed E-state index contributed by atoms with van der Waals surface area (Å²) in [5.41, 5.74) is 1.62. The van der Waals surface area contributed by atoms with E-state index in [1.165, 1.54) is 22.7 Å². The van der Waals surface area contributed by atoms with Gasteiger partial charge >= 0.3 is 0 Å². The molecule has 3 heterocycles. The second-order valence-electron chi connectivity index (χ2n) is 7.07. The largest absolute Gasteiger partial charge is 0.492 e. The molecule has 0 bridgehead atoms. The molecule has 0 spiro atoms. The molecule has 1 fully saturated rings. The normalized spacial score (nSPS) is 16.4. The van der Waals surface area contributed by atoms with E-state index in [9.17, 15) is 4.79 Å². The quantitative estimate of drug-likeness (QED) is 0.417. The van der Waals surface area contributed by atoms with Gasteiger partial charge in [0.15, 0.2) is 10.1 Å². The third kappa shape index (κ3) is 3.66. The Morgan fingerprint density at radius 3 is 2.83 bits per heavy atom. The summed E-state index contributed by atoms with van der Waals surface area (Å²) in [6.45, 7) is 3.73. The summed E-state index contributed by atoms with van der Waals surface area (Å²) in [6.07, 6.45) is 1.97. The average Bonchev–Trinajstić information content (AvgIpc) is 3.50. The van der Waals surface area contributed by atoms with Crippen molar-refractivity contribution >= 4 is 54.1 Å². The van der Waals surface area contributed by atoms with Gasteiger partial charge in [0.2, 0.25) is 0 Å². The van der Waals surface area contributed by atoms with E-state index in [1.54, 1.807) is 4.90 Å². The standard InChI is InChI=1S/C22H21N3O3S2/c1-2-27-16-9-5-11-18-19(16)24-22(30-18)25(13-14-7-6-12-28-14)21(26)20-23-15-8-3-4-10-17(15)29-20/h3-5,8-11,14H,2,6-7,12-13H2,1H3. The zero-order chi connectivity index (χ0) is 20.5. The molecule has 0 aliphatic carbocycles. The Morgan fingerprint density at radius 2 is 2.03 bits per heavy atom. The molecule has 1 unspecified atom stereocenters. The Balaban J connectivity index is 1.55. The van der Waals surface area contributed by atoms with Gasteiger partial charge in [0, 0.05) is 6.61 Å². The number of carbonyl (C=O) groups is 1. The third-order valence-electron chi connectivity index (χ3n) is 5.03. The van der Waals surface area contributed by atoms with Crippen LogP contribution in [0.3, 0.4) is 0 Å². The Hall–Kier alpha value is -2.55. The maximum Gasteiger partial charge on any atom is 0.289 e. The highest BCUT2D eigenvalue weighted by atomic mass is 32.1. The van der Waals surface area contributed by atoms with Crippen LogP contribution in [-0.2, 0) is 4.74 Å². The van der Waals surface area contributed by atoms with E-state index in [1.807, 2.05) is 49.4 Å². The lowest BCUT2D eigenvalue weighted by atomic mass is 10.2. The molecular weight excluding hydrogens is 418 g/mol. The number of anilines is 1. The van der Waals surface area contributed by atoms with Gasteiger partial charge in [-0.25, -0.2) is 9.97 Å². The van der Waals surface area contributed by atoms with Crippen molar-refractivity contribution in [3.8, 4) is 5.75 Å². The predicted molar refractivity (Wildman–Crippen MR) is 121 cm³/mol. The molecule has 6 nitrogen and oxygen atoms in total.